The Labute approximate surface area is 133 Å². The number of methoxy groups -OCH3 is 1. The van der Waals surface area contributed by atoms with E-state index in [1.54, 1.807) is 31.5 Å². The lowest BCUT2D eigenvalue weighted by Gasteiger charge is -2.11. The third-order valence-corrected chi connectivity index (χ3v) is 2.87. The molecule has 7 heteroatoms. The Morgan fingerprint density at radius 1 is 1.00 bits per heavy atom. The summed E-state index contributed by atoms with van der Waals surface area (Å²) in [5, 5.41) is 9.21. The van der Waals surface area contributed by atoms with Gasteiger partial charge in [0.1, 0.15) is 0 Å². The molecule has 0 saturated carbocycles. The molecule has 22 heavy (non-hydrogen) atoms. The van der Waals surface area contributed by atoms with Crippen LogP contribution in [-0.2, 0) is 4.79 Å². The summed E-state index contributed by atoms with van der Waals surface area (Å²) in [4.78, 5) is 15.0. The standard InChI is InChI=1S/C15H16N4O2S/c1-10(20)17-11-3-5-12(6-4-11)18-15(22)19-13-7-8-14(21-2)16-9-13/h3-9H,1-2H3,(H,17,20)(H2,18,19,22). The zero-order valence-electron chi connectivity index (χ0n) is 12.2. The number of rotatable bonds is 4. The summed E-state index contributed by atoms with van der Waals surface area (Å²) in [7, 11) is 1.56. The van der Waals surface area contributed by atoms with Gasteiger partial charge in [-0.05, 0) is 42.5 Å². The molecule has 0 unspecified atom stereocenters. The lowest BCUT2D eigenvalue weighted by Crippen LogP contribution is -2.19. The molecule has 0 aliphatic carbocycles. The number of amides is 1. The second kappa shape index (κ2) is 7.37. The van der Waals surface area contributed by atoms with Gasteiger partial charge in [0.2, 0.25) is 11.8 Å². The van der Waals surface area contributed by atoms with Crippen LogP contribution in [-0.4, -0.2) is 23.1 Å². The van der Waals surface area contributed by atoms with Gasteiger partial charge in [-0.25, -0.2) is 4.98 Å². The van der Waals surface area contributed by atoms with E-state index in [4.69, 9.17) is 17.0 Å². The highest BCUT2D eigenvalue weighted by molar-refractivity contribution is 7.80. The van der Waals surface area contributed by atoms with Gasteiger partial charge in [0, 0.05) is 24.4 Å². The highest BCUT2D eigenvalue weighted by Crippen LogP contribution is 2.15. The molecule has 0 saturated heterocycles. The summed E-state index contributed by atoms with van der Waals surface area (Å²) >= 11 is 5.23. The van der Waals surface area contributed by atoms with Crippen LogP contribution < -0.4 is 20.7 Å². The molecule has 2 aromatic rings. The largest absolute Gasteiger partial charge is 0.481 e. The van der Waals surface area contributed by atoms with Gasteiger partial charge in [-0.1, -0.05) is 0 Å². The molecule has 0 radical (unpaired) electrons. The average Bonchev–Trinajstić information content (AvgIpc) is 2.49. The number of nitrogens with zero attached hydrogens (tertiary/aromatic N) is 1. The van der Waals surface area contributed by atoms with E-state index in [0.29, 0.717) is 11.0 Å². The molecular formula is C15H16N4O2S. The van der Waals surface area contributed by atoms with Crippen LogP contribution in [0.3, 0.4) is 0 Å². The minimum Gasteiger partial charge on any atom is -0.481 e. The Balaban J connectivity index is 1.92. The molecule has 2 rings (SSSR count). The van der Waals surface area contributed by atoms with E-state index in [-0.39, 0.29) is 5.91 Å². The van der Waals surface area contributed by atoms with Crippen molar-refractivity contribution in [2.24, 2.45) is 0 Å². The van der Waals surface area contributed by atoms with E-state index in [1.165, 1.54) is 6.92 Å². The Bertz CT molecular complexity index is 656. The first kappa shape index (κ1) is 15.7. The SMILES string of the molecule is COc1ccc(NC(=S)Nc2ccc(NC(C)=O)cc2)cn1. The maximum absolute atomic E-state index is 11.0. The molecule has 114 valence electrons. The topological polar surface area (TPSA) is 75.3 Å². The van der Waals surface area contributed by atoms with Crippen LogP contribution in [0.4, 0.5) is 17.1 Å². The smallest absolute Gasteiger partial charge is 0.221 e. The molecule has 0 aliphatic rings. The average molecular weight is 316 g/mol. The molecule has 0 aliphatic heterocycles. The van der Waals surface area contributed by atoms with Gasteiger partial charge >= 0.3 is 0 Å². The van der Waals surface area contributed by atoms with E-state index in [0.717, 1.165) is 17.1 Å². The summed E-state index contributed by atoms with van der Waals surface area (Å²) in [5.74, 6) is 0.433. The molecule has 0 atom stereocenters. The first-order valence-corrected chi connectivity index (χ1v) is 6.93. The number of benzene rings is 1. The molecule has 0 spiro atoms. The summed E-state index contributed by atoms with van der Waals surface area (Å²) in [6, 6.07) is 10.8. The number of ether oxygens (including phenoxy) is 1. The highest BCUT2D eigenvalue weighted by Gasteiger charge is 2.01. The lowest BCUT2D eigenvalue weighted by molar-refractivity contribution is -0.114. The number of anilines is 3. The number of aromatic nitrogens is 1. The number of pyridine rings is 1. The van der Waals surface area contributed by atoms with Crippen LogP contribution in [0.25, 0.3) is 0 Å². The van der Waals surface area contributed by atoms with Crippen molar-refractivity contribution < 1.29 is 9.53 Å². The maximum atomic E-state index is 11.0. The van der Waals surface area contributed by atoms with Crippen LogP contribution in [0.2, 0.25) is 0 Å². The fourth-order valence-corrected chi connectivity index (χ4v) is 1.94. The fourth-order valence-electron chi connectivity index (χ4n) is 1.71. The van der Waals surface area contributed by atoms with E-state index in [9.17, 15) is 4.79 Å². The predicted octanol–water partition coefficient (Wildman–Crippen LogP) is 2.86. The van der Waals surface area contributed by atoms with Crippen molar-refractivity contribution in [1.82, 2.24) is 4.98 Å². The maximum Gasteiger partial charge on any atom is 0.221 e. The summed E-state index contributed by atoms with van der Waals surface area (Å²) in [6.45, 7) is 1.47. The van der Waals surface area contributed by atoms with Gasteiger partial charge < -0.3 is 20.7 Å². The zero-order valence-corrected chi connectivity index (χ0v) is 13.0. The minimum atomic E-state index is -0.107. The highest BCUT2D eigenvalue weighted by atomic mass is 32.1. The van der Waals surface area contributed by atoms with Crippen molar-refractivity contribution in [3.8, 4) is 5.88 Å². The van der Waals surface area contributed by atoms with Crippen LogP contribution in [0.15, 0.2) is 42.6 Å². The van der Waals surface area contributed by atoms with Crippen molar-refractivity contribution in [3.63, 3.8) is 0 Å². The molecule has 3 N–H and O–H groups in total. The van der Waals surface area contributed by atoms with E-state index >= 15 is 0 Å². The number of thiocarbonyl (C=S) groups is 1. The number of hydrogen-bond donors (Lipinski definition) is 3. The predicted molar refractivity (Wildman–Crippen MR) is 91.4 cm³/mol. The number of carbonyl (C=O) groups is 1. The normalized spacial score (nSPS) is 9.73. The second-order valence-electron chi connectivity index (χ2n) is 4.43. The van der Waals surface area contributed by atoms with E-state index in [2.05, 4.69) is 20.9 Å². The molecule has 1 aromatic carbocycles. The summed E-state index contributed by atoms with van der Waals surface area (Å²) in [5.41, 5.74) is 2.30. The van der Waals surface area contributed by atoms with Crippen molar-refractivity contribution >= 4 is 40.3 Å². The zero-order chi connectivity index (χ0) is 15.9. The van der Waals surface area contributed by atoms with Crippen molar-refractivity contribution in [2.45, 2.75) is 6.92 Å². The molecular weight excluding hydrogens is 300 g/mol. The van der Waals surface area contributed by atoms with Crippen molar-refractivity contribution in [3.05, 3.63) is 42.6 Å². The first-order chi connectivity index (χ1) is 10.6. The third-order valence-electron chi connectivity index (χ3n) is 2.67. The Hall–Kier alpha value is -2.67. The minimum absolute atomic E-state index is 0.107. The molecule has 0 bridgehead atoms. The quantitative estimate of drug-likeness (QED) is 0.753. The van der Waals surface area contributed by atoms with Gasteiger partial charge in [-0.2, -0.15) is 0 Å². The molecule has 1 amide bonds. The number of carbonyl (C=O) groups excluding carboxylic acids is 1. The first-order valence-electron chi connectivity index (χ1n) is 6.52. The van der Waals surface area contributed by atoms with E-state index in [1.807, 2.05) is 18.2 Å². The Morgan fingerprint density at radius 3 is 2.05 bits per heavy atom. The molecule has 1 aromatic heterocycles. The van der Waals surface area contributed by atoms with Crippen molar-refractivity contribution in [1.29, 1.82) is 0 Å². The third kappa shape index (κ3) is 4.71. The Morgan fingerprint density at radius 2 is 1.55 bits per heavy atom. The van der Waals surface area contributed by atoms with Gasteiger partial charge in [0.15, 0.2) is 5.11 Å². The summed E-state index contributed by atoms with van der Waals surface area (Å²) in [6.07, 6.45) is 1.63. The fraction of sp³-hybridized carbons (Fsp3) is 0.133. The van der Waals surface area contributed by atoms with Crippen LogP contribution in [0.1, 0.15) is 6.92 Å². The monoisotopic (exact) mass is 316 g/mol. The van der Waals surface area contributed by atoms with Gasteiger partial charge in [0.25, 0.3) is 0 Å². The second-order valence-corrected chi connectivity index (χ2v) is 4.84. The van der Waals surface area contributed by atoms with Gasteiger partial charge in [0.05, 0.1) is 19.0 Å². The van der Waals surface area contributed by atoms with Crippen LogP contribution >= 0.6 is 12.2 Å². The van der Waals surface area contributed by atoms with Gasteiger partial charge in [-0.15, -0.1) is 0 Å². The number of hydrogen-bond acceptors (Lipinski definition) is 4. The van der Waals surface area contributed by atoms with E-state index < -0.39 is 0 Å². The molecule has 1 heterocycles. The van der Waals surface area contributed by atoms with Crippen molar-refractivity contribution in [2.75, 3.05) is 23.1 Å². The molecule has 6 nitrogen and oxygen atoms in total. The summed E-state index contributed by atoms with van der Waals surface area (Å²) < 4.78 is 4.99. The van der Waals surface area contributed by atoms with Crippen LogP contribution in [0.5, 0.6) is 5.88 Å². The van der Waals surface area contributed by atoms with Crippen LogP contribution in [0, 0.1) is 0 Å². The Kier molecular flexibility index (Phi) is 5.26. The van der Waals surface area contributed by atoms with Gasteiger partial charge in [-0.3, -0.25) is 4.79 Å². The molecule has 0 fully saturated rings. The lowest BCUT2D eigenvalue weighted by atomic mass is 10.3. The number of nitrogens with one attached hydrogen (secondary N) is 3.